The van der Waals surface area contributed by atoms with E-state index >= 15 is 0 Å². The lowest BCUT2D eigenvalue weighted by Crippen LogP contribution is -2.37. The van der Waals surface area contributed by atoms with Gasteiger partial charge in [0.25, 0.3) is 0 Å². The number of hydrogen-bond acceptors (Lipinski definition) is 4. The quantitative estimate of drug-likeness (QED) is 0.347. The van der Waals surface area contributed by atoms with E-state index in [1.165, 1.54) is 0 Å². The average Bonchev–Trinajstić information content (AvgIpc) is 2.88. The average molecular weight is 460 g/mol. The number of carbonyl (C=O) groups is 1. The van der Waals surface area contributed by atoms with Gasteiger partial charge in [-0.3, -0.25) is 9.78 Å². The van der Waals surface area contributed by atoms with Crippen LogP contribution in [0.15, 0.2) is 79.0 Å². The van der Waals surface area contributed by atoms with Crippen LogP contribution in [0, 0.1) is 5.92 Å². The Bertz CT molecular complexity index is 977. The highest BCUT2D eigenvalue weighted by atomic mass is 16.5. The fourth-order valence-electron chi connectivity index (χ4n) is 3.90. The maximum atomic E-state index is 13.1. The standard InChI is InChI=1S/C29H37N3O2/c1-4-10-22(2)21-34-27-16-14-25(15-17-27)28(20-30-19-26-13-8-9-18-31-26)32-29(33)23(3)24-11-6-5-7-12-24/h5-9,11-18,22-23,28,30H,4,10,19-21H2,1-3H3,(H,32,33)/t22?,23?,28-/m0/s1. The monoisotopic (exact) mass is 459 g/mol. The maximum Gasteiger partial charge on any atom is 0.227 e. The Morgan fingerprint density at radius 2 is 1.68 bits per heavy atom. The lowest BCUT2D eigenvalue weighted by Gasteiger charge is -2.23. The third-order valence-corrected chi connectivity index (χ3v) is 5.99. The first kappa shape index (κ1) is 25.4. The van der Waals surface area contributed by atoms with Gasteiger partial charge < -0.3 is 15.4 Å². The molecule has 0 saturated carbocycles. The zero-order valence-corrected chi connectivity index (χ0v) is 20.5. The van der Waals surface area contributed by atoms with E-state index < -0.39 is 0 Å². The Hall–Kier alpha value is -3.18. The molecule has 5 nitrogen and oxygen atoms in total. The Balaban J connectivity index is 1.66. The summed E-state index contributed by atoms with van der Waals surface area (Å²) in [6.45, 7) is 8.30. The number of benzene rings is 2. The molecule has 3 aromatic rings. The number of amides is 1. The van der Waals surface area contributed by atoms with E-state index in [-0.39, 0.29) is 17.9 Å². The number of nitrogens with zero attached hydrogens (tertiary/aromatic N) is 1. The SMILES string of the molecule is CCCC(C)COc1ccc([C@H](CNCc2ccccn2)NC(=O)C(C)c2ccccc2)cc1. The van der Waals surface area contributed by atoms with Crippen molar-refractivity contribution in [3.63, 3.8) is 0 Å². The summed E-state index contributed by atoms with van der Waals surface area (Å²) in [5.74, 6) is 1.16. The number of hydrogen-bond donors (Lipinski definition) is 2. The third kappa shape index (κ3) is 7.99. The van der Waals surface area contributed by atoms with Crippen LogP contribution < -0.4 is 15.4 Å². The lowest BCUT2D eigenvalue weighted by atomic mass is 9.99. The number of nitrogens with one attached hydrogen (secondary N) is 2. The molecule has 2 N–H and O–H groups in total. The van der Waals surface area contributed by atoms with E-state index in [4.69, 9.17) is 4.74 Å². The van der Waals surface area contributed by atoms with Crippen LogP contribution >= 0.6 is 0 Å². The summed E-state index contributed by atoms with van der Waals surface area (Å²) >= 11 is 0. The molecule has 2 unspecified atom stereocenters. The molecule has 1 aromatic heterocycles. The summed E-state index contributed by atoms with van der Waals surface area (Å²) in [6.07, 6.45) is 4.11. The molecule has 0 aliphatic carbocycles. The molecule has 0 saturated heterocycles. The van der Waals surface area contributed by atoms with Crippen molar-refractivity contribution in [1.82, 2.24) is 15.6 Å². The molecule has 34 heavy (non-hydrogen) atoms. The van der Waals surface area contributed by atoms with Gasteiger partial charge in [0.2, 0.25) is 5.91 Å². The Morgan fingerprint density at radius 1 is 0.941 bits per heavy atom. The van der Waals surface area contributed by atoms with E-state index in [0.29, 0.717) is 25.6 Å². The maximum absolute atomic E-state index is 13.1. The van der Waals surface area contributed by atoms with E-state index in [0.717, 1.165) is 35.4 Å². The van der Waals surface area contributed by atoms with Crippen molar-refractivity contribution < 1.29 is 9.53 Å². The lowest BCUT2D eigenvalue weighted by molar-refractivity contribution is -0.123. The minimum Gasteiger partial charge on any atom is -0.493 e. The van der Waals surface area contributed by atoms with Gasteiger partial charge in [-0.15, -0.1) is 0 Å². The minimum atomic E-state index is -0.234. The molecule has 3 atom stereocenters. The molecule has 3 rings (SSSR count). The molecule has 1 amide bonds. The van der Waals surface area contributed by atoms with Gasteiger partial charge in [0, 0.05) is 19.3 Å². The molecule has 0 aliphatic rings. The summed E-state index contributed by atoms with van der Waals surface area (Å²) in [5, 5.41) is 6.69. The van der Waals surface area contributed by atoms with Crippen LogP contribution in [-0.4, -0.2) is 24.0 Å². The van der Waals surface area contributed by atoms with E-state index in [9.17, 15) is 4.79 Å². The normalized spacial score (nSPS) is 13.6. The van der Waals surface area contributed by atoms with E-state index in [1.807, 2.05) is 79.7 Å². The highest BCUT2D eigenvalue weighted by molar-refractivity contribution is 5.83. The number of ether oxygens (including phenoxy) is 1. The topological polar surface area (TPSA) is 63.2 Å². The van der Waals surface area contributed by atoms with Crippen molar-refractivity contribution in [2.24, 2.45) is 5.92 Å². The second-order valence-electron chi connectivity index (χ2n) is 8.92. The van der Waals surface area contributed by atoms with Gasteiger partial charge >= 0.3 is 0 Å². The van der Waals surface area contributed by atoms with Crippen molar-refractivity contribution in [2.45, 2.75) is 52.1 Å². The van der Waals surface area contributed by atoms with Crippen LogP contribution in [0.4, 0.5) is 0 Å². The van der Waals surface area contributed by atoms with Crippen LogP contribution in [0.2, 0.25) is 0 Å². The van der Waals surface area contributed by atoms with Gasteiger partial charge in [-0.1, -0.05) is 68.8 Å². The number of aromatic nitrogens is 1. The predicted molar refractivity (Wildman–Crippen MR) is 138 cm³/mol. The van der Waals surface area contributed by atoms with E-state index in [2.05, 4.69) is 29.5 Å². The van der Waals surface area contributed by atoms with Crippen LogP contribution in [-0.2, 0) is 11.3 Å². The molecule has 0 fully saturated rings. The predicted octanol–water partition coefficient (Wildman–Crippen LogP) is 5.65. The largest absolute Gasteiger partial charge is 0.493 e. The van der Waals surface area contributed by atoms with Crippen molar-refractivity contribution in [2.75, 3.05) is 13.2 Å². The molecule has 0 aliphatic heterocycles. The third-order valence-electron chi connectivity index (χ3n) is 5.99. The summed E-state index contributed by atoms with van der Waals surface area (Å²) < 4.78 is 5.96. The second-order valence-corrected chi connectivity index (χ2v) is 8.92. The zero-order chi connectivity index (χ0) is 24.2. The Kier molecular flexibility index (Phi) is 10.1. The fraction of sp³-hybridized carbons (Fsp3) is 0.379. The molecule has 0 bridgehead atoms. The molecule has 0 radical (unpaired) electrons. The minimum absolute atomic E-state index is 0.00422. The van der Waals surface area contributed by atoms with Crippen LogP contribution in [0.1, 0.15) is 62.4 Å². The first-order valence-electron chi connectivity index (χ1n) is 12.3. The van der Waals surface area contributed by atoms with Gasteiger partial charge in [-0.25, -0.2) is 0 Å². The van der Waals surface area contributed by atoms with Crippen molar-refractivity contribution in [3.05, 3.63) is 95.8 Å². The number of carbonyl (C=O) groups excluding carboxylic acids is 1. The van der Waals surface area contributed by atoms with Crippen LogP contribution in [0.5, 0.6) is 5.75 Å². The molecule has 0 spiro atoms. The fourth-order valence-corrected chi connectivity index (χ4v) is 3.90. The van der Waals surface area contributed by atoms with Gasteiger partial charge in [0.05, 0.1) is 24.3 Å². The smallest absolute Gasteiger partial charge is 0.227 e. The summed E-state index contributed by atoms with van der Waals surface area (Å²) in [6, 6.07) is 23.6. The summed E-state index contributed by atoms with van der Waals surface area (Å²) in [4.78, 5) is 17.5. The molecular weight excluding hydrogens is 422 g/mol. The zero-order valence-electron chi connectivity index (χ0n) is 20.5. The van der Waals surface area contributed by atoms with Gasteiger partial charge in [-0.2, -0.15) is 0 Å². The van der Waals surface area contributed by atoms with E-state index in [1.54, 1.807) is 6.20 Å². The van der Waals surface area contributed by atoms with Gasteiger partial charge in [0.1, 0.15) is 5.75 Å². The van der Waals surface area contributed by atoms with Crippen LogP contribution in [0.25, 0.3) is 0 Å². The summed E-state index contributed by atoms with van der Waals surface area (Å²) in [5.41, 5.74) is 3.01. The Labute approximate surface area is 204 Å². The highest BCUT2D eigenvalue weighted by Gasteiger charge is 2.20. The van der Waals surface area contributed by atoms with Gasteiger partial charge in [0.15, 0.2) is 0 Å². The molecule has 180 valence electrons. The summed E-state index contributed by atoms with van der Waals surface area (Å²) in [7, 11) is 0. The Morgan fingerprint density at radius 3 is 2.35 bits per heavy atom. The second kappa shape index (κ2) is 13.5. The molecule has 1 heterocycles. The molecule has 5 heteroatoms. The number of pyridine rings is 1. The number of rotatable bonds is 13. The first-order valence-corrected chi connectivity index (χ1v) is 12.3. The van der Waals surface area contributed by atoms with Crippen LogP contribution in [0.3, 0.4) is 0 Å². The van der Waals surface area contributed by atoms with Crippen molar-refractivity contribution in [3.8, 4) is 5.75 Å². The highest BCUT2D eigenvalue weighted by Crippen LogP contribution is 2.21. The van der Waals surface area contributed by atoms with Gasteiger partial charge in [-0.05, 0) is 54.7 Å². The van der Waals surface area contributed by atoms with Crippen molar-refractivity contribution >= 4 is 5.91 Å². The molecule has 2 aromatic carbocycles. The first-order chi connectivity index (χ1) is 16.6. The van der Waals surface area contributed by atoms with Crippen molar-refractivity contribution in [1.29, 1.82) is 0 Å². The molecular formula is C29H37N3O2.